The molecule has 784 valence electrons. The summed E-state index contributed by atoms with van der Waals surface area (Å²) in [6.07, 6.45) is 49.5. The number of rotatable bonds is 94. The molecule has 0 radical (unpaired) electrons. The number of ether oxygens (including phenoxy) is 7. The molecule has 2 heterocycles. The van der Waals surface area contributed by atoms with E-state index in [0.717, 1.165) is 225 Å². The van der Waals surface area contributed by atoms with E-state index in [2.05, 4.69) is 52.2 Å². The molecule has 0 spiro atoms. The summed E-state index contributed by atoms with van der Waals surface area (Å²) in [5.74, 6) is -4.76. The summed E-state index contributed by atoms with van der Waals surface area (Å²) in [5, 5.41) is 52.4. The lowest BCUT2D eigenvalue weighted by Gasteiger charge is -2.47. The molecule has 11 unspecified atom stereocenters. The van der Waals surface area contributed by atoms with Crippen LogP contribution in [0.5, 0.6) is 0 Å². The van der Waals surface area contributed by atoms with E-state index < -0.39 is 176 Å². The summed E-state index contributed by atoms with van der Waals surface area (Å²) in [5.41, 5.74) is 0. The van der Waals surface area contributed by atoms with Crippen LogP contribution < -0.4 is 10.6 Å². The Labute approximate surface area is 807 Å². The number of amides is 2. The van der Waals surface area contributed by atoms with Gasteiger partial charge in [0.05, 0.1) is 51.1 Å². The summed E-state index contributed by atoms with van der Waals surface area (Å²) in [4.78, 5) is 119. The van der Waals surface area contributed by atoms with Crippen molar-refractivity contribution in [3.8, 4) is 0 Å². The Bertz CT molecular complexity index is 2890. The molecule has 0 aromatic carbocycles. The van der Waals surface area contributed by atoms with Crippen molar-refractivity contribution in [2.45, 2.75) is 615 Å². The SMILES string of the molecule is CCCCCCCCCCCCCCCCCC(=O)O[C@H](CCCCCCCCCCC)CC(=O)NC1C(OP(C)(=O)O)OC(COC2OC(CO)C(OP(=O)(O)O)C(OC(=O)C[C@@H](CCCCCCCCCCC)OC(=O)CCCCCCCCCCCCCCCCC)C2NC(=O)C[C@H](O)CCCCCCCCCCC)C(O)C1OC(=O)C[C@H](O)CCCCCCCCCCC. The normalized spacial score (nSPS) is 20.1. The van der Waals surface area contributed by atoms with Crippen LogP contribution in [0.2, 0.25) is 0 Å². The second-order valence-corrected chi connectivity index (χ2v) is 42.4. The van der Waals surface area contributed by atoms with E-state index in [0.29, 0.717) is 44.9 Å². The minimum absolute atomic E-state index is 0.0965. The lowest BCUT2D eigenvalue weighted by Crippen LogP contribution is -2.68. The summed E-state index contributed by atoms with van der Waals surface area (Å²) in [6.45, 7) is 12.0. The van der Waals surface area contributed by atoms with Crippen molar-refractivity contribution in [1.29, 1.82) is 0 Å². The molecule has 0 aromatic rings. The molecule has 2 fully saturated rings. The highest BCUT2D eigenvalue weighted by Crippen LogP contribution is 2.45. The van der Waals surface area contributed by atoms with Gasteiger partial charge in [0, 0.05) is 19.5 Å². The van der Waals surface area contributed by atoms with Gasteiger partial charge in [0.25, 0.3) is 0 Å². The van der Waals surface area contributed by atoms with Crippen LogP contribution in [0.4, 0.5) is 0 Å². The van der Waals surface area contributed by atoms with E-state index in [1.54, 1.807) is 0 Å². The maximum absolute atomic E-state index is 14.9. The molecule has 2 saturated heterocycles. The van der Waals surface area contributed by atoms with Crippen LogP contribution in [0, 0.1) is 0 Å². The topological polar surface area (TPSA) is 385 Å². The van der Waals surface area contributed by atoms with Gasteiger partial charge in [0.15, 0.2) is 24.8 Å². The number of aliphatic hydroxyl groups excluding tert-OH is 4. The number of carbonyl (C=O) groups excluding carboxylic acids is 6. The molecule has 9 N–H and O–H groups in total. The molecule has 0 bridgehead atoms. The van der Waals surface area contributed by atoms with Crippen molar-refractivity contribution in [2.75, 3.05) is 19.9 Å². The van der Waals surface area contributed by atoms with Crippen molar-refractivity contribution >= 4 is 51.1 Å². The van der Waals surface area contributed by atoms with Crippen molar-refractivity contribution in [3.63, 3.8) is 0 Å². The minimum atomic E-state index is -5.64. The predicted molar refractivity (Wildman–Crippen MR) is 530 cm³/mol. The molecule has 26 nitrogen and oxygen atoms in total. The second-order valence-electron chi connectivity index (χ2n) is 39.4. The maximum Gasteiger partial charge on any atom is 0.470 e. The molecule has 0 aromatic heterocycles. The first-order valence-corrected chi connectivity index (χ1v) is 58.5. The fourth-order valence-corrected chi connectivity index (χ4v) is 19.5. The Kier molecular flexibility index (Phi) is 79.9. The second kappa shape index (κ2) is 84.5. The quantitative estimate of drug-likeness (QED) is 0.0118. The van der Waals surface area contributed by atoms with Gasteiger partial charge in [-0.1, -0.05) is 440 Å². The number of phosphoric acid groups is 1. The van der Waals surface area contributed by atoms with E-state index >= 15 is 0 Å². The zero-order valence-corrected chi connectivity index (χ0v) is 87.0. The molecular weight excluding hydrogens is 1740 g/mol. The number of nitrogens with one attached hydrogen (secondary N) is 2. The number of esters is 4. The van der Waals surface area contributed by atoms with Crippen LogP contribution in [-0.4, -0.2) is 176 Å². The van der Waals surface area contributed by atoms with Crippen molar-refractivity contribution in [3.05, 3.63) is 0 Å². The number of hydrogen-bond donors (Lipinski definition) is 9. The van der Waals surface area contributed by atoms with Crippen molar-refractivity contribution < 1.29 is 115 Å². The number of phosphoric ester groups is 1. The third-order valence-corrected chi connectivity index (χ3v) is 27.5. The number of unbranched alkanes of at least 4 members (excludes halogenated alkanes) is 60. The predicted octanol–water partition coefficient (Wildman–Crippen LogP) is 25.2. The van der Waals surface area contributed by atoms with Gasteiger partial charge in [-0.15, -0.1) is 0 Å². The molecular formula is C105H200N2O24P2. The molecule has 2 aliphatic rings. The Morgan fingerprint density at radius 2 is 0.602 bits per heavy atom. The standard InChI is InChI=1S/C105H200N2O24P2/c1-8-14-20-26-32-38-40-42-44-46-48-54-60-66-72-78-94(113)124-88(76-70-64-58-52-36-30-24-18-12-5)82-93(112)107-98-102(128-96(115)81-87(110)75-69-63-57-51-35-29-23-17-11-4)100(117)91(127-105(98)131-132(7,118)119)85-123-104-99(106-92(111)80-86(109)74-68-62-56-50-34-28-22-16-10-3)103(101(90(84-108)126-104)130-133(120,121)122)129-97(116)83-89(77-71-65-59-53-37-31-25-19-13-6)125-95(114)79-73-67-61-55-49-47-45-43-41-39-33-27-21-15-9-2/h86-91,98-105,108-110,117H,8-85H2,1-7H3,(H,106,111)(H,107,112)(H,118,119)(H2,120,121,122)/t86-,87-,88-,89-,90?,91?,98?,99?,100?,101?,102?,103?,104?,105?/m1/s1. The highest BCUT2D eigenvalue weighted by Gasteiger charge is 2.55. The third-order valence-electron chi connectivity index (χ3n) is 26.4. The van der Waals surface area contributed by atoms with Gasteiger partial charge < -0.3 is 78.9 Å². The van der Waals surface area contributed by atoms with E-state index in [-0.39, 0.29) is 32.1 Å². The molecule has 2 amide bonds. The van der Waals surface area contributed by atoms with Crippen molar-refractivity contribution in [2.24, 2.45) is 0 Å². The van der Waals surface area contributed by atoms with Crippen LogP contribution in [0.15, 0.2) is 0 Å². The molecule has 0 aliphatic carbocycles. The fourth-order valence-electron chi connectivity index (χ4n) is 18.4. The number of aliphatic hydroxyl groups is 4. The van der Waals surface area contributed by atoms with E-state index in [4.69, 9.17) is 42.2 Å². The number of hydrogen-bond acceptors (Lipinski definition) is 21. The van der Waals surface area contributed by atoms with Crippen LogP contribution in [-0.2, 0) is 80.1 Å². The summed E-state index contributed by atoms with van der Waals surface area (Å²) < 4.78 is 81.7. The average Bonchev–Trinajstić information content (AvgIpc) is 0.777. The van der Waals surface area contributed by atoms with Crippen LogP contribution in [0.3, 0.4) is 0 Å². The lowest BCUT2D eigenvalue weighted by molar-refractivity contribution is -0.296. The Hall–Kier alpha value is -3.20. The molecule has 15 atom stereocenters. The Morgan fingerprint density at radius 3 is 0.932 bits per heavy atom. The molecule has 2 rings (SSSR count). The van der Waals surface area contributed by atoms with Crippen LogP contribution >= 0.6 is 15.4 Å². The summed E-state index contributed by atoms with van der Waals surface area (Å²) in [6, 6.07) is -3.66. The first kappa shape index (κ1) is 126. The van der Waals surface area contributed by atoms with Gasteiger partial charge in [0.2, 0.25) is 11.8 Å². The summed E-state index contributed by atoms with van der Waals surface area (Å²) in [7, 11) is -10.4. The maximum atomic E-state index is 14.9. The Balaban J connectivity index is 2.73. The lowest BCUT2D eigenvalue weighted by atomic mass is 9.95. The molecule has 0 saturated carbocycles. The van der Waals surface area contributed by atoms with Gasteiger partial charge in [-0.3, -0.25) is 42.4 Å². The van der Waals surface area contributed by atoms with E-state index in [9.17, 15) is 73.0 Å². The van der Waals surface area contributed by atoms with Crippen molar-refractivity contribution in [1.82, 2.24) is 10.6 Å². The van der Waals surface area contributed by atoms with Gasteiger partial charge in [-0.05, 0) is 51.4 Å². The van der Waals surface area contributed by atoms with Crippen LogP contribution in [0.25, 0.3) is 0 Å². The zero-order chi connectivity index (χ0) is 97.5. The monoisotopic (exact) mass is 1940 g/mol. The smallest absolute Gasteiger partial charge is 0.462 e. The molecule has 133 heavy (non-hydrogen) atoms. The van der Waals surface area contributed by atoms with E-state index in [1.165, 1.54) is 167 Å². The van der Waals surface area contributed by atoms with Gasteiger partial charge in [0.1, 0.15) is 48.7 Å². The minimum Gasteiger partial charge on any atom is -0.462 e. The molecule has 28 heteroatoms. The average molecular weight is 1940 g/mol. The highest BCUT2D eigenvalue weighted by atomic mass is 31.2. The van der Waals surface area contributed by atoms with Gasteiger partial charge in [-0.25, -0.2) is 4.57 Å². The zero-order valence-electron chi connectivity index (χ0n) is 85.2. The first-order valence-electron chi connectivity index (χ1n) is 55.0. The van der Waals surface area contributed by atoms with Crippen LogP contribution in [0.1, 0.15) is 530 Å². The third kappa shape index (κ3) is 70.2. The number of carbonyl (C=O) groups is 6. The first-order chi connectivity index (χ1) is 64.3. The fraction of sp³-hybridized carbons (Fsp3) is 0.943. The molecule has 2 aliphatic heterocycles. The van der Waals surface area contributed by atoms with E-state index in [1.807, 2.05) is 0 Å². The Morgan fingerprint density at radius 1 is 0.323 bits per heavy atom. The largest absolute Gasteiger partial charge is 0.470 e. The van der Waals surface area contributed by atoms with Gasteiger partial charge in [-0.2, -0.15) is 0 Å². The van der Waals surface area contributed by atoms with Gasteiger partial charge >= 0.3 is 39.3 Å². The highest BCUT2D eigenvalue weighted by molar-refractivity contribution is 7.51. The summed E-state index contributed by atoms with van der Waals surface area (Å²) >= 11 is 0.